The zero-order valence-electron chi connectivity index (χ0n) is 21.4. The molecule has 1 amide bonds. The number of H-pyrrole nitrogens is 1. The second-order valence-electron chi connectivity index (χ2n) is 8.92. The summed E-state index contributed by atoms with van der Waals surface area (Å²) in [6.07, 6.45) is 6.06. The molecular weight excluding hydrogens is 460 g/mol. The average Bonchev–Trinajstić information content (AvgIpc) is 3.25. The standard InChI is InChI=1S/C25H34N8O3/c1-5-7-9-13-31(21-22(27)32(12-8-6-2)25(36)30-24(21)35)20(34)11-10-19-16(3)29-23-18(14-26)15-28-33(23)17(19)4/h15H,5-13,27H2,1-4H3,(H,30,35,36). The molecule has 0 unspecified atom stereocenters. The molecule has 0 aromatic carbocycles. The lowest BCUT2D eigenvalue weighted by Crippen LogP contribution is -2.41. The van der Waals surface area contributed by atoms with Gasteiger partial charge in [-0.2, -0.15) is 10.4 Å². The van der Waals surface area contributed by atoms with Crippen molar-refractivity contribution in [3.63, 3.8) is 0 Å². The van der Waals surface area contributed by atoms with Crippen LogP contribution in [0.1, 0.15) is 74.9 Å². The molecule has 0 radical (unpaired) electrons. The summed E-state index contributed by atoms with van der Waals surface area (Å²) in [7, 11) is 0. The molecule has 3 N–H and O–H groups in total. The van der Waals surface area contributed by atoms with Gasteiger partial charge in [-0.1, -0.05) is 33.1 Å². The van der Waals surface area contributed by atoms with E-state index in [0.717, 1.165) is 30.5 Å². The molecule has 0 aliphatic heterocycles. The predicted octanol–water partition coefficient (Wildman–Crippen LogP) is 2.61. The summed E-state index contributed by atoms with van der Waals surface area (Å²) < 4.78 is 2.94. The number of hydrogen-bond donors (Lipinski definition) is 2. The Kier molecular flexibility index (Phi) is 8.64. The fourth-order valence-corrected chi connectivity index (χ4v) is 4.38. The van der Waals surface area contributed by atoms with E-state index < -0.39 is 11.2 Å². The van der Waals surface area contributed by atoms with Crippen molar-refractivity contribution in [2.45, 2.75) is 79.2 Å². The van der Waals surface area contributed by atoms with E-state index in [0.29, 0.717) is 49.3 Å². The third kappa shape index (κ3) is 5.32. The molecule has 192 valence electrons. The summed E-state index contributed by atoms with van der Waals surface area (Å²) >= 11 is 0. The van der Waals surface area contributed by atoms with Gasteiger partial charge in [0, 0.05) is 30.9 Å². The summed E-state index contributed by atoms with van der Waals surface area (Å²) in [6.45, 7) is 8.45. The van der Waals surface area contributed by atoms with Gasteiger partial charge in [-0.15, -0.1) is 0 Å². The summed E-state index contributed by atoms with van der Waals surface area (Å²) in [5.74, 6) is -0.251. The number of nitrogens with two attached hydrogens (primary N) is 1. The summed E-state index contributed by atoms with van der Waals surface area (Å²) in [5.41, 5.74) is 8.34. The van der Waals surface area contributed by atoms with Crippen LogP contribution in [0.3, 0.4) is 0 Å². The monoisotopic (exact) mass is 494 g/mol. The van der Waals surface area contributed by atoms with E-state index in [2.05, 4.69) is 28.1 Å². The van der Waals surface area contributed by atoms with Gasteiger partial charge in [0.05, 0.1) is 6.20 Å². The normalized spacial score (nSPS) is 11.1. The van der Waals surface area contributed by atoms with E-state index in [1.807, 2.05) is 20.8 Å². The van der Waals surface area contributed by atoms with E-state index in [1.54, 1.807) is 4.52 Å². The van der Waals surface area contributed by atoms with E-state index >= 15 is 0 Å². The maximum atomic E-state index is 13.5. The van der Waals surface area contributed by atoms with E-state index in [1.165, 1.54) is 15.7 Å². The maximum absolute atomic E-state index is 13.5. The van der Waals surface area contributed by atoms with Gasteiger partial charge in [0.25, 0.3) is 5.56 Å². The highest BCUT2D eigenvalue weighted by molar-refractivity contribution is 5.95. The molecule has 0 fully saturated rings. The Morgan fingerprint density at radius 1 is 1.19 bits per heavy atom. The average molecular weight is 495 g/mol. The molecule has 0 bridgehead atoms. The lowest BCUT2D eigenvalue weighted by atomic mass is 10.1. The van der Waals surface area contributed by atoms with Crippen LogP contribution in [0.5, 0.6) is 0 Å². The molecule has 3 aromatic rings. The van der Waals surface area contributed by atoms with Gasteiger partial charge >= 0.3 is 5.69 Å². The molecular formula is C25H34N8O3. The van der Waals surface area contributed by atoms with Crippen LogP contribution in [0.25, 0.3) is 5.65 Å². The van der Waals surface area contributed by atoms with Crippen molar-refractivity contribution < 1.29 is 4.79 Å². The number of fused-ring (bicyclic) bond motifs is 1. The van der Waals surface area contributed by atoms with Gasteiger partial charge in [0.15, 0.2) is 11.3 Å². The predicted molar refractivity (Wildman–Crippen MR) is 138 cm³/mol. The number of nitrogen functional groups attached to an aromatic ring is 1. The number of aryl methyl sites for hydroxylation is 2. The molecule has 0 spiro atoms. The first-order valence-corrected chi connectivity index (χ1v) is 12.4. The number of nitriles is 1. The number of nitrogens with zero attached hydrogens (tertiary/aromatic N) is 6. The van der Waals surface area contributed by atoms with E-state index in [9.17, 15) is 19.6 Å². The Balaban J connectivity index is 1.95. The Labute approximate surface area is 209 Å². The molecule has 11 heteroatoms. The smallest absolute Gasteiger partial charge is 0.330 e. The number of amides is 1. The second-order valence-corrected chi connectivity index (χ2v) is 8.92. The SMILES string of the molecule is CCCCCN(C(=O)CCc1c(C)nc2c(C#N)cnn2c1C)c1c(N)n(CCCC)c(=O)[nH]c1=O. The first-order valence-electron chi connectivity index (χ1n) is 12.4. The lowest BCUT2D eigenvalue weighted by Gasteiger charge is -2.25. The van der Waals surface area contributed by atoms with Gasteiger partial charge < -0.3 is 10.6 Å². The molecule has 3 heterocycles. The summed E-state index contributed by atoms with van der Waals surface area (Å²) in [5, 5.41) is 13.5. The van der Waals surface area contributed by atoms with Crippen LogP contribution in [0.4, 0.5) is 11.5 Å². The molecule has 0 aliphatic rings. The molecule has 36 heavy (non-hydrogen) atoms. The largest absolute Gasteiger partial charge is 0.383 e. The Hall–Kier alpha value is -3.94. The minimum absolute atomic E-state index is 0.0121. The van der Waals surface area contributed by atoms with Gasteiger partial charge in [-0.05, 0) is 38.7 Å². The van der Waals surface area contributed by atoms with Crippen LogP contribution in [0.2, 0.25) is 0 Å². The van der Waals surface area contributed by atoms with Gasteiger partial charge in [0.1, 0.15) is 17.5 Å². The first-order chi connectivity index (χ1) is 17.2. The highest BCUT2D eigenvalue weighted by Crippen LogP contribution is 2.22. The van der Waals surface area contributed by atoms with Crippen LogP contribution in [0, 0.1) is 25.2 Å². The number of aromatic amines is 1. The van der Waals surface area contributed by atoms with Crippen molar-refractivity contribution in [2.24, 2.45) is 0 Å². The molecule has 0 atom stereocenters. The van der Waals surface area contributed by atoms with Crippen molar-refractivity contribution in [3.05, 3.63) is 49.5 Å². The minimum Gasteiger partial charge on any atom is -0.383 e. The topological polar surface area (TPSA) is 155 Å². The number of carbonyl (C=O) groups is 1. The van der Waals surface area contributed by atoms with Crippen molar-refractivity contribution in [1.29, 1.82) is 5.26 Å². The third-order valence-corrected chi connectivity index (χ3v) is 6.42. The van der Waals surface area contributed by atoms with Crippen molar-refractivity contribution in [1.82, 2.24) is 24.1 Å². The fraction of sp³-hybridized carbons (Fsp3) is 0.520. The minimum atomic E-state index is -0.661. The quantitative estimate of drug-likeness (QED) is 0.388. The third-order valence-electron chi connectivity index (χ3n) is 6.42. The van der Waals surface area contributed by atoms with Crippen molar-refractivity contribution in [2.75, 3.05) is 17.2 Å². The Bertz CT molecular complexity index is 1410. The number of anilines is 2. The van der Waals surface area contributed by atoms with E-state index in [-0.39, 0.29) is 23.8 Å². The zero-order valence-corrected chi connectivity index (χ0v) is 21.4. The molecule has 3 rings (SSSR count). The highest BCUT2D eigenvalue weighted by Gasteiger charge is 2.24. The number of nitrogens with one attached hydrogen (secondary N) is 1. The molecule has 0 saturated carbocycles. The molecule has 11 nitrogen and oxygen atoms in total. The fourth-order valence-electron chi connectivity index (χ4n) is 4.38. The zero-order chi connectivity index (χ0) is 26.4. The van der Waals surface area contributed by atoms with Crippen LogP contribution in [-0.4, -0.2) is 36.6 Å². The number of unbranched alkanes of at least 4 members (excludes halogenated alkanes) is 3. The molecule has 0 aliphatic carbocycles. The highest BCUT2D eigenvalue weighted by atomic mass is 16.2. The number of rotatable bonds is 11. The van der Waals surface area contributed by atoms with Crippen LogP contribution >= 0.6 is 0 Å². The summed E-state index contributed by atoms with van der Waals surface area (Å²) in [4.78, 5) is 47.0. The molecule has 0 saturated heterocycles. The Morgan fingerprint density at radius 2 is 1.92 bits per heavy atom. The van der Waals surface area contributed by atoms with Gasteiger partial charge in [-0.3, -0.25) is 19.1 Å². The molecule has 3 aromatic heterocycles. The van der Waals surface area contributed by atoms with Crippen LogP contribution in [0.15, 0.2) is 15.8 Å². The second kappa shape index (κ2) is 11.7. The Morgan fingerprint density at radius 3 is 2.58 bits per heavy atom. The van der Waals surface area contributed by atoms with Gasteiger partial charge in [0.2, 0.25) is 5.91 Å². The first kappa shape index (κ1) is 26.7. The maximum Gasteiger partial charge on any atom is 0.330 e. The van der Waals surface area contributed by atoms with Gasteiger partial charge in [-0.25, -0.2) is 14.3 Å². The number of hydrogen-bond acceptors (Lipinski definition) is 7. The van der Waals surface area contributed by atoms with Crippen LogP contribution < -0.4 is 21.9 Å². The summed E-state index contributed by atoms with van der Waals surface area (Å²) in [6, 6.07) is 2.09. The number of aromatic nitrogens is 5. The lowest BCUT2D eigenvalue weighted by molar-refractivity contribution is -0.118. The van der Waals surface area contributed by atoms with E-state index in [4.69, 9.17) is 5.73 Å². The van der Waals surface area contributed by atoms with Crippen LogP contribution in [-0.2, 0) is 17.8 Å². The van der Waals surface area contributed by atoms with Crippen molar-refractivity contribution >= 4 is 23.1 Å². The van der Waals surface area contributed by atoms with Crippen molar-refractivity contribution in [3.8, 4) is 6.07 Å². The number of carbonyl (C=O) groups excluding carboxylic acids is 1.